The summed E-state index contributed by atoms with van der Waals surface area (Å²) in [4.78, 5) is 12.8. The summed E-state index contributed by atoms with van der Waals surface area (Å²) in [7, 11) is 0. The van der Waals surface area contributed by atoms with Crippen LogP contribution in [0.2, 0.25) is 0 Å². The molecule has 0 bridgehead atoms. The molecule has 0 aromatic rings. The first-order chi connectivity index (χ1) is 13.6. The van der Waals surface area contributed by atoms with E-state index in [1.54, 1.807) is 0 Å². The van der Waals surface area contributed by atoms with Crippen molar-refractivity contribution in [1.29, 1.82) is 0 Å². The third kappa shape index (κ3) is 3.26. The SMILES string of the molecule is CC(C)CCC[C@@H](C)[C@@H]1CC[C@@H]2[C@@H]3CC[C@@]4(O)C(=O)CCC[C@]4(C)[C@@H]3CC[C@]21C. The number of hydrogen-bond donors (Lipinski definition) is 1. The third-order valence-corrected chi connectivity index (χ3v) is 10.8. The summed E-state index contributed by atoms with van der Waals surface area (Å²) in [6, 6.07) is 0. The molecule has 29 heavy (non-hydrogen) atoms. The van der Waals surface area contributed by atoms with E-state index in [1.807, 2.05) is 0 Å². The van der Waals surface area contributed by atoms with Gasteiger partial charge in [-0.1, -0.05) is 53.9 Å². The molecule has 0 aromatic carbocycles. The Labute approximate surface area is 179 Å². The first-order valence-corrected chi connectivity index (χ1v) is 12.9. The lowest BCUT2D eigenvalue weighted by Gasteiger charge is -2.62. The minimum atomic E-state index is -1.03. The number of ketones is 1. The highest BCUT2D eigenvalue weighted by atomic mass is 16.3. The first-order valence-electron chi connectivity index (χ1n) is 12.9. The Morgan fingerprint density at radius 2 is 1.72 bits per heavy atom. The van der Waals surface area contributed by atoms with Gasteiger partial charge >= 0.3 is 0 Å². The van der Waals surface area contributed by atoms with Crippen molar-refractivity contribution in [2.75, 3.05) is 0 Å². The first kappa shape index (κ1) is 21.8. The molecule has 0 aromatic heterocycles. The highest BCUT2D eigenvalue weighted by Crippen LogP contribution is 2.68. The largest absolute Gasteiger partial charge is 0.381 e. The molecule has 8 atom stereocenters. The van der Waals surface area contributed by atoms with Gasteiger partial charge in [-0.3, -0.25) is 4.79 Å². The Hall–Kier alpha value is -0.370. The number of hydrogen-bond acceptors (Lipinski definition) is 2. The van der Waals surface area contributed by atoms with E-state index in [2.05, 4.69) is 34.6 Å². The maximum Gasteiger partial charge on any atom is 0.164 e. The number of Topliss-reactive ketones (excluding diaryl/α,β-unsaturated/α-hetero) is 1. The number of fused-ring (bicyclic) bond motifs is 5. The Morgan fingerprint density at radius 1 is 0.966 bits per heavy atom. The van der Waals surface area contributed by atoms with Crippen molar-refractivity contribution in [1.82, 2.24) is 0 Å². The zero-order chi connectivity index (χ0) is 21.0. The summed E-state index contributed by atoms with van der Waals surface area (Å²) in [6.07, 6.45) is 13.9. The molecule has 4 fully saturated rings. The summed E-state index contributed by atoms with van der Waals surface area (Å²) in [6.45, 7) is 12.1. The Kier molecular flexibility index (Phi) is 5.76. The highest BCUT2D eigenvalue weighted by molar-refractivity contribution is 5.89. The van der Waals surface area contributed by atoms with E-state index >= 15 is 0 Å². The van der Waals surface area contributed by atoms with E-state index in [-0.39, 0.29) is 11.2 Å². The lowest BCUT2D eigenvalue weighted by Crippen LogP contribution is -2.64. The van der Waals surface area contributed by atoms with Gasteiger partial charge in [0.05, 0.1) is 0 Å². The van der Waals surface area contributed by atoms with Crippen molar-refractivity contribution in [3.63, 3.8) is 0 Å². The van der Waals surface area contributed by atoms with Gasteiger partial charge in [-0.05, 0) is 92.3 Å². The summed E-state index contributed by atoms with van der Waals surface area (Å²) < 4.78 is 0. The van der Waals surface area contributed by atoms with Gasteiger partial charge in [0.15, 0.2) is 5.78 Å². The van der Waals surface area contributed by atoms with Crippen molar-refractivity contribution in [2.45, 2.75) is 117 Å². The Balaban J connectivity index is 1.51. The van der Waals surface area contributed by atoms with Crippen LogP contribution in [0.3, 0.4) is 0 Å². The fourth-order valence-electron chi connectivity index (χ4n) is 9.15. The minimum absolute atomic E-state index is 0.154. The van der Waals surface area contributed by atoms with Crippen LogP contribution in [0, 0.1) is 46.3 Å². The molecule has 4 saturated carbocycles. The molecule has 0 saturated heterocycles. The van der Waals surface area contributed by atoms with E-state index in [1.165, 1.54) is 44.9 Å². The molecule has 0 unspecified atom stereocenters. The lowest BCUT2D eigenvalue weighted by atomic mass is 9.43. The topological polar surface area (TPSA) is 37.3 Å². The van der Waals surface area contributed by atoms with Gasteiger partial charge < -0.3 is 5.11 Å². The van der Waals surface area contributed by atoms with Crippen LogP contribution in [0.5, 0.6) is 0 Å². The van der Waals surface area contributed by atoms with Crippen LogP contribution < -0.4 is 0 Å². The second-order valence-corrected chi connectivity index (χ2v) is 12.5. The monoisotopic (exact) mass is 402 g/mol. The predicted molar refractivity (Wildman–Crippen MR) is 120 cm³/mol. The van der Waals surface area contributed by atoms with Crippen molar-refractivity contribution in [3.8, 4) is 0 Å². The second kappa shape index (κ2) is 7.64. The van der Waals surface area contributed by atoms with Crippen LogP contribution in [0.15, 0.2) is 0 Å². The molecule has 0 radical (unpaired) electrons. The van der Waals surface area contributed by atoms with E-state index in [9.17, 15) is 9.90 Å². The highest BCUT2D eigenvalue weighted by Gasteiger charge is 2.66. The van der Waals surface area contributed by atoms with Gasteiger partial charge in [0.2, 0.25) is 0 Å². The molecule has 4 rings (SSSR count). The number of carbonyl (C=O) groups is 1. The van der Waals surface area contributed by atoms with E-state index in [4.69, 9.17) is 0 Å². The summed E-state index contributed by atoms with van der Waals surface area (Å²) in [5.74, 6) is 4.80. The van der Waals surface area contributed by atoms with Crippen molar-refractivity contribution in [3.05, 3.63) is 0 Å². The van der Waals surface area contributed by atoms with Crippen molar-refractivity contribution in [2.24, 2.45) is 46.3 Å². The quantitative estimate of drug-likeness (QED) is 0.549. The molecule has 2 heteroatoms. The Morgan fingerprint density at radius 3 is 2.45 bits per heavy atom. The molecule has 1 N–H and O–H groups in total. The third-order valence-electron chi connectivity index (χ3n) is 10.8. The summed E-state index contributed by atoms with van der Waals surface area (Å²) >= 11 is 0. The lowest BCUT2D eigenvalue weighted by molar-refractivity contribution is -0.203. The maximum atomic E-state index is 12.8. The number of rotatable bonds is 5. The molecular formula is C27H46O2. The molecule has 0 heterocycles. The molecule has 0 aliphatic heterocycles. The fourth-order valence-corrected chi connectivity index (χ4v) is 9.15. The zero-order valence-electron chi connectivity index (χ0n) is 19.8. The smallest absolute Gasteiger partial charge is 0.164 e. The van der Waals surface area contributed by atoms with Gasteiger partial charge in [0.25, 0.3) is 0 Å². The van der Waals surface area contributed by atoms with E-state index < -0.39 is 5.60 Å². The van der Waals surface area contributed by atoms with Crippen molar-refractivity contribution < 1.29 is 9.90 Å². The maximum absolute atomic E-state index is 12.8. The molecular weight excluding hydrogens is 356 g/mol. The molecule has 4 aliphatic carbocycles. The average Bonchev–Trinajstić information content (AvgIpc) is 3.01. The van der Waals surface area contributed by atoms with Crippen LogP contribution in [-0.4, -0.2) is 16.5 Å². The van der Waals surface area contributed by atoms with Gasteiger partial charge in [0.1, 0.15) is 5.60 Å². The summed E-state index contributed by atoms with van der Waals surface area (Å²) in [5.41, 5.74) is -0.710. The van der Waals surface area contributed by atoms with Crippen LogP contribution in [0.1, 0.15) is 112 Å². The normalized spacial score (nSPS) is 48.2. The second-order valence-electron chi connectivity index (χ2n) is 12.5. The average molecular weight is 403 g/mol. The van der Waals surface area contributed by atoms with Crippen LogP contribution >= 0.6 is 0 Å². The minimum Gasteiger partial charge on any atom is -0.381 e. The summed E-state index contributed by atoms with van der Waals surface area (Å²) in [5, 5.41) is 11.5. The van der Waals surface area contributed by atoms with Gasteiger partial charge in [-0.15, -0.1) is 0 Å². The van der Waals surface area contributed by atoms with Crippen LogP contribution in [0.4, 0.5) is 0 Å². The van der Waals surface area contributed by atoms with Gasteiger partial charge in [-0.25, -0.2) is 0 Å². The van der Waals surface area contributed by atoms with Gasteiger partial charge in [0, 0.05) is 11.8 Å². The predicted octanol–water partition coefficient (Wildman–Crippen LogP) is 6.79. The molecule has 4 aliphatic rings. The van der Waals surface area contributed by atoms with Crippen LogP contribution in [-0.2, 0) is 4.79 Å². The standard InChI is InChI=1S/C27H46O2/c1-18(2)8-6-9-19(3)21-11-12-22-20-13-17-27(29)24(28)10-7-15-26(27,5)23(20)14-16-25(21,22)4/h18-23,29H,6-17H2,1-5H3/t19-,20+,21+,22-,23-,25+,26-,27-/m1/s1. The van der Waals surface area contributed by atoms with E-state index in [0.717, 1.165) is 55.3 Å². The van der Waals surface area contributed by atoms with Crippen molar-refractivity contribution >= 4 is 5.78 Å². The van der Waals surface area contributed by atoms with E-state index in [0.29, 0.717) is 17.8 Å². The number of aliphatic hydroxyl groups is 1. The fraction of sp³-hybridized carbons (Fsp3) is 0.963. The molecule has 0 spiro atoms. The van der Waals surface area contributed by atoms with Crippen LogP contribution in [0.25, 0.3) is 0 Å². The number of carbonyl (C=O) groups excluding carboxylic acids is 1. The molecule has 2 nitrogen and oxygen atoms in total. The zero-order valence-corrected chi connectivity index (χ0v) is 19.8. The molecule has 0 amide bonds. The molecule has 166 valence electrons. The Bertz CT molecular complexity index is 626. The van der Waals surface area contributed by atoms with Gasteiger partial charge in [-0.2, -0.15) is 0 Å².